The van der Waals surface area contributed by atoms with Crippen molar-refractivity contribution in [2.75, 3.05) is 0 Å². The van der Waals surface area contributed by atoms with Crippen LogP contribution in [0.25, 0.3) is 0 Å². The second kappa shape index (κ2) is 6.21. The molecule has 2 aromatic rings. The Morgan fingerprint density at radius 1 is 1.05 bits per heavy atom. The zero-order chi connectivity index (χ0) is 14.8. The summed E-state index contributed by atoms with van der Waals surface area (Å²) in [6.45, 7) is 4.41. The minimum Gasteiger partial charge on any atom is -0.307 e. The zero-order valence-electron chi connectivity index (χ0n) is 12.6. The summed E-state index contributed by atoms with van der Waals surface area (Å²) in [4.78, 5) is 0. The van der Waals surface area contributed by atoms with Crippen LogP contribution in [0.15, 0.2) is 48.5 Å². The van der Waals surface area contributed by atoms with Crippen molar-refractivity contribution in [2.45, 2.75) is 44.7 Å². The molecule has 0 aliphatic heterocycles. The van der Waals surface area contributed by atoms with Crippen LogP contribution in [0.1, 0.15) is 48.4 Å². The highest BCUT2D eigenvalue weighted by Crippen LogP contribution is 2.39. The van der Waals surface area contributed by atoms with E-state index in [0.717, 1.165) is 5.02 Å². The summed E-state index contributed by atoms with van der Waals surface area (Å²) in [6.07, 6.45) is 2.44. The predicted octanol–water partition coefficient (Wildman–Crippen LogP) is 5.25. The maximum absolute atomic E-state index is 6.27. The van der Waals surface area contributed by atoms with Gasteiger partial charge in [0, 0.05) is 17.1 Å². The van der Waals surface area contributed by atoms with Gasteiger partial charge in [0.15, 0.2) is 0 Å². The highest BCUT2D eigenvalue weighted by molar-refractivity contribution is 6.31. The van der Waals surface area contributed by atoms with Crippen molar-refractivity contribution in [1.82, 2.24) is 5.32 Å². The molecule has 1 atom stereocenters. The van der Waals surface area contributed by atoms with E-state index in [9.17, 15) is 0 Å². The molecule has 0 spiro atoms. The third kappa shape index (κ3) is 3.14. The quantitative estimate of drug-likeness (QED) is 0.813. The molecule has 0 bridgehead atoms. The van der Waals surface area contributed by atoms with Gasteiger partial charge in [-0.05, 0) is 55.4 Å². The standard InChI is InChI=1S/C19H22ClN/c1-13-7-3-4-8-17(13)15-11-16(12-15)21-14(2)18-9-5-6-10-19(18)20/h3-10,14-16,21H,11-12H2,1-2H3/t14-,15?,16?/m1/s1. The van der Waals surface area contributed by atoms with Crippen molar-refractivity contribution in [3.8, 4) is 0 Å². The number of hydrogen-bond donors (Lipinski definition) is 1. The summed E-state index contributed by atoms with van der Waals surface area (Å²) < 4.78 is 0. The van der Waals surface area contributed by atoms with Crippen molar-refractivity contribution in [3.63, 3.8) is 0 Å². The van der Waals surface area contributed by atoms with E-state index in [1.165, 1.54) is 29.5 Å². The van der Waals surface area contributed by atoms with Crippen LogP contribution in [0.3, 0.4) is 0 Å². The van der Waals surface area contributed by atoms with Gasteiger partial charge < -0.3 is 5.32 Å². The monoisotopic (exact) mass is 299 g/mol. The Labute approximate surface area is 132 Å². The highest BCUT2D eigenvalue weighted by atomic mass is 35.5. The smallest absolute Gasteiger partial charge is 0.0453 e. The van der Waals surface area contributed by atoms with Crippen LogP contribution in [-0.2, 0) is 0 Å². The lowest BCUT2D eigenvalue weighted by atomic mass is 9.74. The molecular weight excluding hydrogens is 278 g/mol. The van der Waals surface area contributed by atoms with Gasteiger partial charge in [0.1, 0.15) is 0 Å². The third-order valence-electron chi connectivity index (χ3n) is 4.62. The Morgan fingerprint density at radius 2 is 1.71 bits per heavy atom. The first-order valence-corrected chi connectivity index (χ1v) is 8.09. The second-order valence-corrected chi connectivity index (χ2v) is 6.54. The molecule has 1 fully saturated rings. The molecule has 0 unspecified atom stereocenters. The Kier molecular flexibility index (Phi) is 4.32. The molecule has 0 amide bonds. The fourth-order valence-corrected chi connectivity index (χ4v) is 3.62. The van der Waals surface area contributed by atoms with Crippen molar-refractivity contribution >= 4 is 11.6 Å². The number of nitrogens with one attached hydrogen (secondary N) is 1. The van der Waals surface area contributed by atoms with E-state index < -0.39 is 0 Å². The van der Waals surface area contributed by atoms with E-state index in [1.807, 2.05) is 12.1 Å². The Hall–Kier alpha value is -1.31. The Morgan fingerprint density at radius 3 is 2.43 bits per heavy atom. The zero-order valence-corrected chi connectivity index (χ0v) is 13.4. The second-order valence-electron chi connectivity index (χ2n) is 6.13. The van der Waals surface area contributed by atoms with Crippen LogP contribution < -0.4 is 5.32 Å². The number of hydrogen-bond acceptors (Lipinski definition) is 1. The number of rotatable bonds is 4. The van der Waals surface area contributed by atoms with E-state index in [0.29, 0.717) is 18.0 Å². The lowest BCUT2D eigenvalue weighted by molar-refractivity contribution is 0.270. The van der Waals surface area contributed by atoms with Crippen molar-refractivity contribution < 1.29 is 0 Å². The molecule has 1 N–H and O–H groups in total. The molecular formula is C19H22ClN. The molecule has 1 nitrogen and oxygen atoms in total. The van der Waals surface area contributed by atoms with Gasteiger partial charge >= 0.3 is 0 Å². The fourth-order valence-electron chi connectivity index (χ4n) is 3.32. The molecule has 110 valence electrons. The third-order valence-corrected chi connectivity index (χ3v) is 4.97. The number of halogens is 1. The fraction of sp³-hybridized carbons (Fsp3) is 0.368. The molecule has 21 heavy (non-hydrogen) atoms. The van der Waals surface area contributed by atoms with E-state index in [4.69, 9.17) is 11.6 Å². The van der Waals surface area contributed by atoms with E-state index in [1.54, 1.807) is 0 Å². The summed E-state index contributed by atoms with van der Waals surface area (Å²) in [5.41, 5.74) is 4.12. The van der Waals surface area contributed by atoms with Crippen LogP contribution in [0.4, 0.5) is 0 Å². The van der Waals surface area contributed by atoms with Gasteiger partial charge in [-0.1, -0.05) is 54.1 Å². The Bertz CT molecular complexity index is 616. The average Bonchev–Trinajstić information content (AvgIpc) is 2.44. The predicted molar refractivity (Wildman–Crippen MR) is 89.9 cm³/mol. The highest BCUT2D eigenvalue weighted by Gasteiger charge is 2.31. The molecule has 1 aliphatic carbocycles. The van der Waals surface area contributed by atoms with Crippen LogP contribution >= 0.6 is 11.6 Å². The summed E-state index contributed by atoms with van der Waals surface area (Å²) in [5, 5.41) is 4.56. The van der Waals surface area contributed by atoms with Gasteiger partial charge in [-0.25, -0.2) is 0 Å². The number of aryl methyl sites for hydroxylation is 1. The van der Waals surface area contributed by atoms with Gasteiger partial charge in [0.25, 0.3) is 0 Å². The largest absolute Gasteiger partial charge is 0.307 e. The van der Waals surface area contributed by atoms with Crippen molar-refractivity contribution in [1.29, 1.82) is 0 Å². The van der Waals surface area contributed by atoms with Crippen molar-refractivity contribution in [2.24, 2.45) is 0 Å². The van der Waals surface area contributed by atoms with Crippen LogP contribution in [0.5, 0.6) is 0 Å². The lowest BCUT2D eigenvalue weighted by Crippen LogP contribution is -2.41. The lowest BCUT2D eigenvalue weighted by Gasteiger charge is -2.39. The first-order chi connectivity index (χ1) is 10.1. The first-order valence-electron chi connectivity index (χ1n) is 7.71. The Balaban J connectivity index is 1.58. The van der Waals surface area contributed by atoms with Gasteiger partial charge in [0.2, 0.25) is 0 Å². The van der Waals surface area contributed by atoms with Crippen LogP contribution in [0.2, 0.25) is 5.02 Å². The van der Waals surface area contributed by atoms with Crippen molar-refractivity contribution in [3.05, 3.63) is 70.2 Å². The summed E-state index contributed by atoms with van der Waals surface area (Å²) >= 11 is 6.27. The molecule has 3 rings (SSSR count). The van der Waals surface area contributed by atoms with E-state index >= 15 is 0 Å². The molecule has 1 aliphatic rings. The maximum atomic E-state index is 6.27. The first kappa shape index (κ1) is 14.6. The summed E-state index contributed by atoms with van der Waals surface area (Å²) in [7, 11) is 0. The molecule has 1 saturated carbocycles. The number of benzene rings is 2. The molecule has 2 heteroatoms. The summed E-state index contributed by atoms with van der Waals surface area (Å²) in [5.74, 6) is 0.710. The molecule has 0 radical (unpaired) electrons. The molecule has 0 aromatic heterocycles. The topological polar surface area (TPSA) is 12.0 Å². The summed E-state index contributed by atoms with van der Waals surface area (Å²) in [6, 6.07) is 17.8. The normalized spacial score (nSPS) is 22.6. The minimum atomic E-state index is 0.307. The SMILES string of the molecule is Cc1ccccc1C1CC(N[C@H](C)c2ccccc2Cl)C1. The maximum Gasteiger partial charge on any atom is 0.0453 e. The van der Waals surface area contributed by atoms with Gasteiger partial charge in [-0.15, -0.1) is 0 Å². The molecule has 0 heterocycles. The van der Waals surface area contributed by atoms with E-state index in [2.05, 4.69) is 55.6 Å². The molecule has 2 aromatic carbocycles. The van der Waals surface area contributed by atoms with Gasteiger partial charge in [-0.2, -0.15) is 0 Å². The minimum absolute atomic E-state index is 0.307. The molecule has 0 saturated heterocycles. The average molecular weight is 300 g/mol. The van der Waals surface area contributed by atoms with Crippen LogP contribution in [-0.4, -0.2) is 6.04 Å². The van der Waals surface area contributed by atoms with Gasteiger partial charge in [0.05, 0.1) is 0 Å². The van der Waals surface area contributed by atoms with E-state index in [-0.39, 0.29) is 0 Å². The van der Waals surface area contributed by atoms with Crippen LogP contribution in [0, 0.1) is 6.92 Å². The van der Waals surface area contributed by atoms with Gasteiger partial charge in [-0.3, -0.25) is 0 Å².